The van der Waals surface area contributed by atoms with Gasteiger partial charge in [0.05, 0.1) is 11.8 Å². The summed E-state index contributed by atoms with van der Waals surface area (Å²) < 4.78 is 13.4. The Morgan fingerprint density at radius 3 is 2.00 bits per heavy atom. The van der Waals surface area contributed by atoms with Gasteiger partial charge in [0.15, 0.2) is 5.78 Å². The lowest BCUT2D eigenvalue weighted by molar-refractivity contribution is -0.156. The summed E-state index contributed by atoms with van der Waals surface area (Å²) in [5, 5.41) is 2.14. The highest BCUT2D eigenvalue weighted by atomic mass is 35.5. The number of fused-ring (bicyclic) bond motifs is 1. The lowest BCUT2D eigenvalue weighted by atomic mass is 9.85. The second-order valence-electron chi connectivity index (χ2n) is 8.17. The van der Waals surface area contributed by atoms with E-state index in [9.17, 15) is 23.6 Å². The number of allylic oxidation sites excluding steroid dienone is 2. The molecule has 3 atom stereocenters. The first-order valence-electron chi connectivity index (χ1n) is 10.8. The average molecular weight is 503 g/mol. The lowest BCUT2D eigenvalue weighted by Crippen LogP contribution is -2.57. The summed E-state index contributed by atoms with van der Waals surface area (Å²) in [4.78, 5) is 53.9. The van der Waals surface area contributed by atoms with Crippen molar-refractivity contribution in [2.24, 2.45) is 11.8 Å². The molecule has 0 aromatic heterocycles. The van der Waals surface area contributed by atoms with Crippen molar-refractivity contribution in [2.75, 3.05) is 5.88 Å². The Morgan fingerprint density at radius 2 is 1.47 bits per heavy atom. The molecule has 1 aliphatic carbocycles. The van der Waals surface area contributed by atoms with Gasteiger partial charge >= 0.3 is 0 Å². The van der Waals surface area contributed by atoms with Crippen molar-refractivity contribution in [1.82, 2.24) is 10.0 Å². The van der Waals surface area contributed by atoms with Crippen LogP contribution in [0.4, 0.5) is 4.39 Å². The highest BCUT2D eigenvalue weighted by Gasteiger charge is 2.53. The zero-order valence-corrected chi connectivity index (χ0v) is 19.5. The number of nitrogens with zero attached hydrogens (tertiary/aromatic N) is 2. The number of hydrogen-bond acceptors (Lipinski definition) is 4. The standard InChI is InChI=1S/C25H21Cl2FN2O4/c26-14-13-21(22(31)15-7-11-18(28)12-8-15)29(23(32)16-5-9-17(27)10-6-16)30-24(33)19-3-1-2-4-20(19)25(30)34/h1-2,5-12,19-21H,3-4,13-14H2/t19-,20-,21+/m1/s1. The maximum Gasteiger partial charge on any atom is 0.273 e. The van der Waals surface area contributed by atoms with E-state index in [1.165, 1.54) is 36.4 Å². The van der Waals surface area contributed by atoms with E-state index < -0.39 is 47.2 Å². The molecular formula is C25H21Cl2FN2O4. The van der Waals surface area contributed by atoms with Crippen LogP contribution in [0.5, 0.6) is 0 Å². The minimum Gasteiger partial charge on any atom is -0.292 e. The first-order chi connectivity index (χ1) is 16.3. The van der Waals surface area contributed by atoms with Crippen LogP contribution >= 0.6 is 23.2 Å². The molecule has 3 amide bonds. The van der Waals surface area contributed by atoms with Crippen LogP contribution in [0.3, 0.4) is 0 Å². The molecule has 0 saturated carbocycles. The molecule has 0 bridgehead atoms. The molecule has 0 radical (unpaired) electrons. The van der Waals surface area contributed by atoms with E-state index in [0.29, 0.717) is 17.9 Å². The Hall–Kier alpha value is -3.03. The molecular weight excluding hydrogens is 482 g/mol. The fourth-order valence-corrected chi connectivity index (χ4v) is 4.70. The van der Waals surface area contributed by atoms with E-state index >= 15 is 0 Å². The molecule has 1 saturated heterocycles. The number of rotatable bonds is 7. The van der Waals surface area contributed by atoms with Crippen molar-refractivity contribution < 1.29 is 23.6 Å². The van der Waals surface area contributed by atoms with Crippen molar-refractivity contribution in [1.29, 1.82) is 0 Å². The van der Waals surface area contributed by atoms with Gasteiger partial charge in [-0.2, -0.15) is 5.01 Å². The van der Waals surface area contributed by atoms with E-state index in [1.807, 2.05) is 12.2 Å². The minimum absolute atomic E-state index is 0.0212. The molecule has 0 N–H and O–H groups in total. The van der Waals surface area contributed by atoms with Crippen LogP contribution in [0.15, 0.2) is 60.7 Å². The Balaban J connectivity index is 1.80. The second-order valence-corrected chi connectivity index (χ2v) is 8.98. The molecule has 176 valence electrons. The van der Waals surface area contributed by atoms with Crippen molar-refractivity contribution in [3.8, 4) is 0 Å². The second kappa shape index (κ2) is 10.1. The SMILES string of the molecule is O=C(c1ccc(F)cc1)[C@H](CCCl)N(C(=O)c1ccc(Cl)cc1)N1C(=O)[C@@H]2CC=CC[C@H]2C1=O. The first kappa shape index (κ1) is 24.1. The summed E-state index contributed by atoms with van der Waals surface area (Å²) in [6.07, 6.45) is 4.39. The fourth-order valence-electron chi connectivity index (χ4n) is 4.37. The van der Waals surface area contributed by atoms with Gasteiger partial charge in [-0.1, -0.05) is 23.8 Å². The smallest absolute Gasteiger partial charge is 0.273 e. The van der Waals surface area contributed by atoms with Crippen molar-refractivity contribution >= 4 is 46.7 Å². The van der Waals surface area contributed by atoms with Crippen molar-refractivity contribution in [2.45, 2.75) is 25.3 Å². The maximum atomic E-state index is 13.7. The summed E-state index contributed by atoms with van der Waals surface area (Å²) >= 11 is 12.0. The Labute approximate surface area is 205 Å². The number of alkyl halides is 1. The third kappa shape index (κ3) is 4.50. The monoisotopic (exact) mass is 502 g/mol. The molecule has 1 heterocycles. The van der Waals surface area contributed by atoms with Gasteiger partial charge in [0, 0.05) is 22.0 Å². The quantitative estimate of drug-likeness (QED) is 0.238. The molecule has 2 aliphatic rings. The van der Waals surface area contributed by atoms with Gasteiger partial charge in [-0.05, 0) is 67.8 Å². The zero-order chi connectivity index (χ0) is 24.4. The van der Waals surface area contributed by atoms with Crippen LogP contribution in [0.2, 0.25) is 5.02 Å². The van der Waals surface area contributed by atoms with Gasteiger partial charge in [-0.25, -0.2) is 9.40 Å². The summed E-state index contributed by atoms with van der Waals surface area (Å²) in [5.74, 6) is -4.09. The number of carbonyl (C=O) groups is 4. The number of imide groups is 1. The topological polar surface area (TPSA) is 74.8 Å². The maximum absolute atomic E-state index is 13.7. The van der Waals surface area contributed by atoms with Gasteiger partial charge < -0.3 is 0 Å². The Bertz CT molecular complexity index is 1120. The molecule has 6 nitrogen and oxygen atoms in total. The zero-order valence-electron chi connectivity index (χ0n) is 18.0. The van der Waals surface area contributed by atoms with Gasteiger partial charge in [-0.3, -0.25) is 19.2 Å². The number of hydrazine groups is 1. The molecule has 0 spiro atoms. The third-order valence-corrected chi connectivity index (χ3v) is 6.58. The molecule has 2 aromatic rings. The molecule has 9 heteroatoms. The predicted molar refractivity (Wildman–Crippen MR) is 125 cm³/mol. The minimum atomic E-state index is -1.26. The molecule has 1 fully saturated rings. The molecule has 0 unspecified atom stereocenters. The van der Waals surface area contributed by atoms with Gasteiger partial charge in [0.25, 0.3) is 17.7 Å². The summed E-state index contributed by atoms with van der Waals surface area (Å²) in [7, 11) is 0. The van der Waals surface area contributed by atoms with E-state index in [0.717, 1.165) is 22.2 Å². The third-order valence-electron chi connectivity index (χ3n) is 6.11. The van der Waals surface area contributed by atoms with E-state index in [2.05, 4.69) is 0 Å². The van der Waals surface area contributed by atoms with Gasteiger partial charge in [-0.15, -0.1) is 11.6 Å². The van der Waals surface area contributed by atoms with E-state index in [-0.39, 0.29) is 23.4 Å². The summed E-state index contributed by atoms with van der Waals surface area (Å²) in [6, 6.07) is 9.50. The molecule has 4 rings (SSSR count). The highest BCUT2D eigenvalue weighted by molar-refractivity contribution is 6.30. The van der Waals surface area contributed by atoms with Crippen molar-refractivity contribution in [3.05, 3.63) is 82.6 Å². The largest absolute Gasteiger partial charge is 0.292 e. The summed E-state index contributed by atoms with van der Waals surface area (Å²) in [5.41, 5.74) is 0.271. The van der Waals surface area contributed by atoms with Crippen LogP contribution in [0, 0.1) is 17.7 Å². The number of ketones is 1. The van der Waals surface area contributed by atoms with Crippen LogP contribution in [0.25, 0.3) is 0 Å². The number of hydrogen-bond donors (Lipinski definition) is 0. The van der Waals surface area contributed by atoms with Crippen LogP contribution in [0.1, 0.15) is 40.0 Å². The Kier molecular flexibility index (Phi) is 7.14. The van der Waals surface area contributed by atoms with Gasteiger partial charge in [0.1, 0.15) is 11.9 Å². The number of carbonyl (C=O) groups excluding carboxylic acids is 4. The van der Waals surface area contributed by atoms with Crippen LogP contribution < -0.4 is 0 Å². The van der Waals surface area contributed by atoms with Crippen LogP contribution in [-0.2, 0) is 9.59 Å². The number of benzene rings is 2. The van der Waals surface area contributed by atoms with Crippen LogP contribution in [-0.4, -0.2) is 45.4 Å². The lowest BCUT2D eigenvalue weighted by Gasteiger charge is -2.36. The number of Topliss-reactive ketones (excluding diaryl/α,β-unsaturated/α-hetero) is 1. The van der Waals surface area contributed by atoms with E-state index in [1.54, 1.807) is 0 Å². The first-order valence-corrected chi connectivity index (χ1v) is 11.7. The fraction of sp³-hybridized carbons (Fsp3) is 0.280. The molecule has 34 heavy (non-hydrogen) atoms. The average Bonchev–Trinajstić information content (AvgIpc) is 3.09. The van der Waals surface area contributed by atoms with Crippen molar-refractivity contribution in [3.63, 3.8) is 0 Å². The number of halogens is 3. The van der Waals surface area contributed by atoms with E-state index in [4.69, 9.17) is 23.2 Å². The summed E-state index contributed by atoms with van der Waals surface area (Å²) in [6.45, 7) is 0. The molecule has 2 aromatic carbocycles. The highest BCUT2D eigenvalue weighted by Crippen LogP contribution is 2.37. The Morgan fingerprint density at radius 1 is 0.941 bits per heavy atom. The predicted octanol–water partition coefficient (Wildman–Crippen LogP) is 4.67. The van der Waals surface area contributed by atoms with Gasteiger partial charge in [0.2, 0.25) is 0 Å². The normalized spacial score (nSPS) is 20.3. The molecule has 1 aliphatic heterocycles. The number of amides is 3.